The van der Waals surface area contributed by atoms with E-state index in [0.717, 1.165) is 12.1 Å². The van der Waals surface area contributed by atoms with Gasteiger partial charge in [0.15, 0.2) is 0 Å². The number of rotatable bonds is 7. The molecule has 0 heterocycles. The molecule has 9 heteroatoms. The van der Waals surface area contributed by atoms with Gasteiger partial charge in [-0.05, 0) is 48.0 Å². The van der Waals surface area contributed by atoms with Crippen molar-refractivity contribution in [3.05, 3.63) is 83.9 Å². The lowest BCUT2D eigenvalue weighted by molar-refractivity contribution is -0.117. The Labute approximate surface area is 182 Å². The number of hydrogen-bond acceptors (Lipinski definition) is 3. The molecular weight excluding hydrogens is 418 g/mol. The number of nitrogens with one attached hydrogen (secondary N) is 3. The predicted octanol–water partition coefficient (Wildman–Crippen LogP) is 3.88. The first-order valence-corrected chi connectivity index (χ1v) is 9.62. The highest BCUT2D eigenvalue weighted by Crippen LogP contribution is 2.27. The maximum absolute atomic E-state index is 14.1. The van der Waals surface area contributed by atoms with Crippen LogP contribution in [-0.4, -0.2) is 24.4 Å². The Kier molecular flexibility index (Phi) is 7.12. The number of anilines is 2. The summed E-state index contributed by atoms with van der Waals surface area (Å²) in [6.45, 7) is 0.0938. The molecule has 3 rings (SSSR count). The normalized spacial score (nSPS) is 10.3. The molecule has 3 aromatic rings. The number of benzene rings is 3. The molecule has 0 aliphatic rings. The largest absolute Gasteiger partial charge is 0.370 e. The smallest absolute Gasteiger partial charge is 0.319 e. The van der Waals surface area contributed by atoms with Gasteiger partial charge in [0.1, 0.15) is 11.6 Å². The summed E-state index contributed by atoms with van der Waals surface area (Å²) in [5, 5.41) is 7.73. The molecule has 32 heavy (non-hydrogen) atoms. The minimum absolute atomic E-state index is 0.0133. The third-order valence-corrected chi connectivity index (χ3v) is 4.41. The summed E-state index contributed by atoms with van der Waals surface area (Å²) in [6, 6.07) is 15.4. The molecule has 0 radical (unpaired) electrons. The fourth-order valence-corrected chi connectivity index (χ4v) is 2.94. The molecular formula is C23H20F2N4O3. The zero-order valence-electron chi connectivity index (χ0n) is 16.8. The number of urea groups is 1. The molecule has 3 aromatic carbocycles. The van der Waals surface area contributed by atoms with Crippen molar-refractivity contribution >= 4 is 29.2 Å². The molecule has 0 atom stereocenters. The van der Waals surface area contributed by atoms with Gasteiger partial charge in [0.05, 0.1) is 5.56 Å². The van der Waals surface area contributed by atoms with Crippen molar-refractivity contribution in [3.63, 3.8) is 0 Å². The van der Waals surface area contributed by atoms with Gasteiger partial charge in [-0.1, -0.05) is 24.3 Å². The van der Waals surface area contributed by atoms with Gasteiger partial charge in [0.2, 0.25) is 5.91 Å². The van der Waals surface area contributed by atoms with Gasteiger partial charge < -0.3 is 21.7 Å². The van der Waals surface area contributed by atoms with Gasteiger partial charge in [0.25, 0.3) is 5.91 Å². The number of nitrogens with two attached hydrogens (primary N) is 1. The lowest BCUT2D eigenvalue weighted by Gasteiger charge is -2.11. The van der Waals surface area contributed by atoms with Gasteiger partial charge in [-0.3, -0.25) is 9.59 Å². The minimum Gasteiger partial charge on any atom is -0.370 e. The number of hydrogen-bond donors (Lipinski definition) is 4. The van der Waals surface area contributed by atoms with Gasteiger partial charge in [-0.25, -0.2) is 13.6 Å². The van der Waals surface area contributed by atoms with Crippen LogP contribution in [-0.2, 0) is 4.79 Å². The molecule has 0 bridgehead atoms. The van der Waals surface area contributed by atoms with Crippen molar-refractivity contribution in [3.8, 4) is 11.1 Å². The second-order valence-electron chi connectivity index (χ2n) is 6.81. The first-order valence-electron chi connectivity index (χ1n) is 9.62. The summed E-state index contributed by atoms with van der Waals surface area (Å²) in [7, 11) is 0. The van der Waals surface area contributed by atoms with E-state index in [1.165, 1.54) is 36.4 Å². The quantitative estimate of drug-likeness (QED) is 0.449. The van der Waals surface area contributed by atoms with E-state index in [1.54, 1.807) is 18.2 Å². The summed E-state index contributed by atoms with van der Waals surface area (Å²) >= 11 is 0. The number of amides is 4. The second kappa shape index (κ2) is 10.2. The first kappa shape index (κ1) is 22.4. The first-order chi connectivity index (χ1) is 15.3. The summed E-state index contributed by atoms with van der Waals surface area (Å²) in [6.07, 6.45) is 0.0133. The Hall–Kier alpha value is -4.27. The fraction of sp³-hybridized carbons (Fsp3) is 0.0870. The van der Waals surface area contributed by atoms with Crippen molar-refractivity contribution in [2.24, 2.45) is 5.73 Å². The van der Waals surface area contributed by atoms with Crippen LogP contribution in [0.5, 0.6) is 0 Å². The van der Waals surface area contributed by atoms with Crippen LogP contribution in [0.4, 0.5) is 25.0 Å². The summed E-state index contributed by atoms with van der Waals surface area (Å²) in [5.41, 5.74) is 6.04. The van der Waals surface area contributed by atoms with Crippen LogP contribution in [0.1, 0.15) is 16.8 Å². The van der Waals surface area contributed by atoms with Crippen LogP contribution in [0.25, 0.3) is 11.1 Å². The van der Waals surface area contributed by atoms with E-state index in [4.69, 9.17) is 5.73 Å². The third kappa shape index (κ3) is 5.88. The van der Waals surface area contributed by atoms with Gasteiger partial charge in [0, 0.05) is 29.9 Å². The van der Waals surface area contributed by atoms with Gasteiger partial charge in [-0.15, -0.1) is 0 Å². The van der Waals surface area contributed by atoms with E-state index in [-0.39, 0.29) is 29.7 Å². The van der Waals surface area contributed by atoms with Crippen molar-refractivity contribution in [2.45, 2.75) is 6.42 Å². The molecule has 7 nitrogen and oxygen atoms in total. The van der Waals surface area contributed by atoms with Gasteiger partial charge in [-0.2, -0.15) is 0 Å². The SMILES string of the molecule is NC(=O)CCNC(=O)Nc1cccc(NC(=O)c2cccc(-c3c(F)cccc3F)c2)c1. The number of primary amides is 1. The van der Waals surface area contributed by atoms with Crippen LogP contribution in [0.15, 0.2) is 66.7 Å². The van der Waals surface area contributed by atoms with E-state index in [1.807, 2.05) is 0 Å². The summed E-state index contributed by atoms with van der Waals surface area (Å²) in [5.74, 6) is -2.48. The molecule has 0 aromatic heterocycles. The maximum atomic E-state index is 14.1. The van der Waals surface area contributed by atoms with E-state index in [9.17, 15) is 23.2 Å². The molecule has 0 unspecified atom stereocenters. The average molecular weight is 438 g/mol. The molecule has 0 spiro atoms. The Balaban J connectivity index is 1.70. The zero-order chi connectivity index (χ0) is 23.1. The van der Waals surface area contributed by atoms with Crippen molar-refractivity contribution in [1.29, 1.82) is 0 Å². The zero-order valence-corrected chi connectivity index (χ0v) is 16.8. The Morgan fingerprint density at radius 1 is 0.812 bits per heavy atom. The number of carbonyl (C=O) groups is 3. The molecule has 0 fully saturated rings. The highest BCUT2D eigenvalue weighted by molar-refractivity contribution is 6.05. The van der Waals surface area contributed by atoms with Crippen LogP contribution in [0, 0.1) is 11.6 Å². The van der Waals surface area contributed by atoms with E-state index in [0.29, 0.717) is 11.4 Å². The third-order valence-electron chi connectivity index (χ3n) is 4.41. The molecule has 0 saturated heterocycles. The highest BCUT2D eigenvalue weighted by Gasteiger charge is 2.14. The molecule has 5 N–H and O–H groups in total. The topological polar surface area (TPSA) is 113 Å². The lowest BCUT2D eigenvalue weighted by atomic mass is 10.0. The molecule has 4 amide bonds. The Morgan fingerprint density at radius 3 is 2.12 bits per heavy atom. The molecule has 164 valence electrons. The average Bonchev–Trinajstić information content (AvgIpc) is 2.74. The monoisotopic (exact) mass is 438 g/mol. The number of halogens is 2. The van der Waals surface area contributed by atoms with E-state index >= 15 is 0 Å². The standard InChI is InChI=1S/C23H20F2N4O3/c24-18-8-3-9-19(25)21(18)14-4-1-5-15(12-14)22(31)28-16-6-2-7-17(13-16)29-23(32)27-11-10-20(26)30/h1-9,12-13H,10-11H2,(H2,26,30)(H,28,31)(H2,27,29,32). The van der Waals surface area contributed by atoms with Crippen molar-refractivity contribution < 1.29 is 23.2 Å². The van der Waals surface area contributed by atoms with Gasteiger partial charge >= 0.3 is 6.03 Å². The Bertz CT molecular complexity index is 1150. The number of carbonyl (C=O) groups excluding carboxylic acids is 3. The van der Waals surface area contributed by atoms with E-state index < -0.39 is 29.5 Å². The van der Waals surface area contributed by atoms with Crippen LogP contribution < -0.4 is 21.7 Å². The van der Waals surface area contributed by atoms with Crippen molar-refractivity contribution in [2.75, 3.05) is 17.2 Å². The highest BCUT2D eigenvalue weighted by atomic mass is 19.1. The van der Waals surface area contributed by atoms with Crippen molar-refractivity contribution in [1.82, 2.24) is 5.32 Å². The van der Waals surface area contributed by atoms with Crippen LogP contribution in [0.2, 0.25) is 0 Å². The minimum atomic E-state index is -0.726. The van der Waals surface area contributed by atoms with Crippen LogP contribution in [0.3, 0.4) is 0 Å². The summed E-state index contributed by atoms with van der Waals surface area (Å²) < 4.78 is 28.2. The lowest BCUT2D eigenvalue weighted by Crippen LogP contribution is -2.31. The molecule has 0 saturated carbocycles. The van der Waals surface area contributed by atoms with Crippen LogP contribution >= 0.6 is 0 Å². The molecule has 0 aliphatic carbocycles. The summed E-state index contributed by atoms with van der Waals surface area (Å²) in [4.78, 5) is 35.2. The predicted molar refractivity (Wildman–Crippen MR) is 117 cm³/mol. The van der Waals surface area contributed by atoms with E-state index in [2.05, 4.69) is 16.0 Å². The maximum Gasteiger partial charge on any atom is 0.319 e. The fourth-order valence-electron chi connectivity index (χ4n) is 2.94. The second-order valence-corrected chi connectivity index (χ2v) is 6.81. The Morgan fingerprint density at radius 2 is 1.44 bits per heavy atom. The molecule has 0 aliphatic heterocycles.